The maximum absolute atomic E-state index is 10.6. The fraction of sp³-hybridized carbons (Fsp3) is 0.500. The summed E-state index contributed by atoms with van der Waals surface area (Å²) in [6.45, 7) is 2.33. The van der Waals surface area contributed by atoms with Gasteiger partial charge in [-0.1, -0.05) is 12.1 Å². The molecule has 17 heavy (non-hydrogen) atoms. The largest absolute Gasteiger partial charge is 0.481 e. The molecule has 2 aliphatic heterocycles. The molecule has 0 radical (unpaired) electrons. The van der Waals surface area contributed by atoms with Crippen molar-refractivity contribution in [2.45, 2.75) is 32.1 Å². The lowest BCUT2D eigenvalue weighted by molar-refractivity contribution is -0.136. The van der Waals surface area contributed by atoms with Crippen LogP contribution in [0.4, 0.5) is 5.69 Å². The van der Waals surface area contributed by atoms with Crippen molar-refractivity contribution < 1.29 is 9.90 Å². The van der Waals surface area contributed by atoms with E-state index in [0.29, 0.717) is 6.42 Å². The van der Waals surface area contributed by atoms with Gasteiger partial charge in [0, 0.05) is 25.2 Å². The molecule has 0 spiro atoms. The van der Waals surface area contributed by atoms with E-state index in [0.717, 1.165) is 19.4 Å². The van der Waals surface area contributed by atoms with Crippen molar-refractivity contribution in [3.05, 3.63) is 28.8 Å². The van der Waals surface area contributed by atoms with Gasteiger partial charge in [-0.15, -0.1) is 0 Å². The van der Waals surface area contributed by atoms with Crippen LogP contribution in [0.15, 0.2) is 12.1 Å². The van der Waals surface area contributed by atoms with Crippen molar-refractivity contribution in [3.63, 3.8) is 0 Å². The van der Waals surface area contributed by atoms with Crippen LogP contribution in [-0.4, -0.2) is 24.2 Å². The molecule has 0 bridgehead atoms. The summed E-state index contributed by atoms with van der Waals surface area (Å²) in [6.07, 6.45) is 4.41. The number of aliphatic carboxylic acids is 1. The molecular weight excluding hydrogens is 214 g/mol. The third-order valence-corrected chi connectivity index (χ3v) is 3.80. The lowest BCUT2D eigenvalue weighted by Gasteiger charge is -2.27. The van der Waals surface area contributed by atoms with Gasteiger partial charge in [0.05, 0.1) is 0 Å². The van der Waals surface area contributed by atoms with Crippen LogP contribution in [0.2, 0.25) is 0 Å². The van der Waals surface area contributed by atoms with Gasteiger partial charge in [-0.2, -0.15) is 0 Å². The molecule has 0 unspecified atom stereocenters. The summed E-state index contributed by atoms with van der Waals surface area (Å²) in [5.74, 6) is -0.708. The van der Waals surface area contributed by atoms with E-state index >= 15 is 0 Å². The average Bonchev–Trinajstić information content (AvgIpc) is 2.72. The Hall–Kier alpha value is -1.51. The van der Waals surface area contributed by atoms with Crippen LogP contribution in [0.3, 0.4) is 0 Å². The number of nitrogens with zero attached hydrogens (tertiary/aromatic N) is 1. The van der Waals surface area contributed by atoms with Crippen molar-refractivity contribution >= 4 is 11.7 Å². The molecule has 1 aromatic rings. The average molecular weight is 231 g/mol. The summed E-state index contributed by atoms with van der Waals surface area (Å²) in [6, 6.07) is 4.44. The van der Waals surface area contributed by atoms with E-state index in [1.54, 1.807) is 0 Å². The van der Waals surface area contributed by atoms with Gasteiger partial charge < -0.3 is 10.0 Å². The van der Waals surface area contributed by atoms with Crippen LogP contribution >= 0.6 is 0 Å². The maximum Gasteiger partial charge on any atom is 0.303 e. The van der Waals surface area contributed by atoms with E-state index < -0.39 is 5.97 Å². The van der Waals surface area contributed by atoms with Gasteiger partial charge in [-0.3, -0.25) is 4.79 Å². The molecule has 0 atom stereocenters. The predicted octanol–water partition coefficient (Wildman–Crippen LogP) is 2.01. The second-order valence-electron chi connectivity index (χ2n) is 5.00. The number of rotatable bonds is 3. The summed E-state index contributed by atoms with van der Waals surface area (Å²) in [5, 5.41) is 8.74. The summed E-state index contributed by atoms with van der Waals surface area (Å²) in [5.41, 5.74) is 5.52. The first-order chi connectivity index (χ1) is 8.24. The van der Waals surface area contributed by atoms with E-state index in [4.69, 9.17) is 5.11 Å². The highest BCUT2D eigenvalue weighted by atomic mass is 16.4. The SMILES string of the molecule is O=C(O)CCc1cc2c3c(c1)CCN3CCC2. The second-order valence-corrected chi connectivity index (χ2v) is 5.00. The molecule has 1 aromatic carbocycles. The second kappa shape index (κ2) is 4.06. The molecule has 2 aliphatic rings. The molecule has 0 saturated heterocycles. The molecule has 2 heterocycles. The Morgan fingerprint density at radius 1 is 1.24 bits per heavy atom. The first kappa shape index (κ1) is 10.6. The molecule has 3 nitrogen and oxygen atoms in total. The fourth-order valence-corrected chi connectivity index (χ4v) is 3.07. The summed E-state index contributed by atoms with van der Waals surface area (Å²) < 4.78 is 0. The normalized spacial score (nSPS) is 17.1. The smallest absolute Gasteiger partial charge is 0.303 e. The maximum atomic E-state index is 10.6. The first-order valence-electron chi connectivity index (χ1n) is 6.35. The first-order valence-corrected chi connectivity index (χ1v) is 6.35. The number of carboxylic acids is 1. The van der Waals surface area contributed by atoms with Crippen LogP contribution in [0.25, 0.3) is 0 Å². The van der Waals surface area contributed by atoms with E-state index in [1.165, 1.54) is 35.3 Å². The van der Waals surface area contributed by atoms with Gasteiger partial charge in [0.2, 0.25) is 0 Å². The number of anilines is 1. The van der Waals surface area contributed by atoms with Gasteiger partial charge in [-0.25, -0.2) is 0 Å². The minimum Gasteiger partial charge on any atom is -0.481 e. The monoisotopic (exact) mass is 231 g/mol. The molecule has 0 amide bonds. The Morgan fingerprint density at radius 3 is 2.76 bits per heavy atom. The zero-order chi connectivity index (χ0) is 11.8. The number of carbonyl (C=O) groups is 1. The number of hydrogen-bond donors (Lipinski definition) is 1. The van der Waals surface area contributed by atoms with Crippen molar-refractivity contribution in [2.75, 3.05) is 18.0 Å². The Morgan fingerprint density at radius 2 is 2.00 bits per heavy atom. The Kier molecular flexibility index (Phi) is 2.54. The minimum atomic E-state index is -0.708. The lowest BCUT2D eigenvalue weighted by atomic mass is 9.95. The van der Waals surface area contributed by atoms with Crippen molar-refractivity contribution in [3.8, 4) is 0 Å². The van der Waals surface area contributed by atoms with Crippen LogP contribution < -0.4 is 4.90 Å². The highest BCUT2D eigenvalue weighted by Gasteiger charge is 2.25. The molecule has 1 N–H and O–H groups in total. The van der Waals surface area contributed by atoms with Crippen LogP contribution in [-0.2, 0) is 24.1 Å². The molecule has 3 rings (SSSR count). The molecular formula is C14H17NO2. The fourth-order valence-electron chi connectivity index (χ4n) is 3.07. The third-order valence-electron chi connectivity index (χ3n) is 3.80. The number of hydrogen-bond acceptors (Lipinski definition) is 2. The lowest BCUT2D eigenvalue weighted by Crippen LogP contribution is -2.26. The summed E-state index contributed by atoms with van der Waals surface area (Å²) in [7, 11) is 0. The highest BCUT2D eigenvalue weighted by molar-refractivity contribution is 5.68. The summed E-state index contributed by atoms with van der Waals surface area (Å²) in [4.78, 5) is 13.1. The summed E-state index contributed by atoms with van der Waals surface area (Å²) >= 11 is 0. The zero-order valence-electron chi connectivity index (χ0n) is 9.91. The topological polar surface area (TPSA) is 40.5 Å². The molecule has 0 fully saturated rings. The van der Waals surface area contributed by atoms with E-state index in [1.807, 2.05) is 0 Å². The van der Waals surface area contributed by atoms with Crippen molar-refractivity contribution in [2.24, 2.45) is 0 Å². The molecule has 0 aromatic heterocycles. The Labute approximate surface area is 101 Å². The number of aryl methyl sites for hydroxylation is 2. The van der Waals surface area contributed by atoms with E-state index in [2.05, 4.69) is 17.0 Å². The quantitative estimate of drug-likeness (QED) is 0.865. The predicted molar refractivity (Wildman–Crippen MR) is 66.6 cm³/mol. The zero-order valence-corrected chi connectivity index (χ0v) is 9.91. The standard InChI is InChI=1S/C14H17NO2/c16-13(17)4-3-10-8-11-2-1-6-15-7-5-12(9-10)14(11)15/h8-9H,1-7H2,(H,16,17). The van der Waals surface area contributed by atoms with Crippen LogP contribution in [0.1, 0.15) is 29.5 Å². The van der Waals surface area contributed by atoms with Gasteiger partial charge >= 0.3 is 5.97 Å². The van der Waals surface area contributed by atoms with Crippen LogP contribution in [0, 0.1) is 0 Å². The van der Waals surface area contributed by atoms with Gasteiger partial charge in [-0.05, 0) is 42.4 Å². The Balaban J connectivity index is 1.91. The van der Waals surface area contributed by atoms with Crippen LogP contribution in [0.5, 0.6) is 0 Å². The molecule has 0 aliphatic carbocycles. The van der Waals surface area contributed by atoms with Crippen molar-refractivity contribution in [1.82, 2.24) is 0 Å². The number of carboxylic acid groups (broad SMARTS) is 1. The molecule has 0 saturated carbocycles. The van der Waals surface area contributed by atoms with Gasteiger partial charge in [0.15, 0.2) is 0 Å². The third kappa shape index (κ3) is 1.90. The molecule has 3 heteroatoms. The van der Waals surface area contributed by atoms with Gasteiger partial charge in [0.25, 0.3) is 0 Å². The van der Waals surface area contributed by atoms with Gasteiger partial charge in [0.1, 0.15) is 0 Å². The minimum absolute atomic E-state index is 0.238. The number of benzene rings is 1. The van der Waals surface area contributed by atoms with Crippen molar-refractivity contribution in [1.29, 1.82) is 0 Å². The highest BCUT2D eigenvalue weighted by Crippen LogP contribution is 2.37. The Bertz CT molecular complexity index is 468. The van der Waals surface area contributed by atoms with E-state index in [9.17, 15) is 4.79 Å². The molecule has 90 valence electrons. The van der Waals surface area contributed by atoms with E-state index in [-0.39, 0.29) is 6.42 Å².